The Morgan fingerprint density at radius 1 is 1.16 bits per heavy atom. The van der Waals surface area contributed by atoms with Gasteiger partial charge in [0.2, 0.25) is 0 Å². The number of halogens is 1. The topological polar surface area (TPSA) is 69.7 Å². The maximum absolute atomic E-state index is 13.5. The van der Waals surface area contributed by atoms with Gasteiger partial charge in [-0.1, -0.05) is 25.1 Å². The van der Waals surface area contributed by atoms with Gasteiger partial charge in [-0.25, -0.2) is 12.8 Å². The number of hydrogen-bond donors (Lipinski definition) is 0. The normalized spacial score (nSPS) is 19.5. The van der Waals surface area contributed by atoms with Crippen LogP contribution in [0.1, 0.15) is 55.6 Å². The van der Waals surface area contributed by atoms with Crippen molar-refractivity contribution in [2.75, 3.05) is 25.7 Å². The van der Waals surface area contributed by atoms with E-state index in [1.807, 2.05) is 30.3 Å². The zero-order valence-corrected chi connectivity index (χ0v) is 19.7. The Morgan fingerprint density at radius 3 is 2.53 bits per heavy atom. The van der Waals surface area contributed by atoms with Crippen LogP contribution in [-0.4, -0.2) is 39.9 Å². The smallest absolute Gasteiger partial charge is 0.185 e. The van der Waals surface area contributed by atoms with Crippen LogP contribution < -0.4 is 9.47 Å². The molecule has 5 nitrogen and oxygen atoms in total. The summed E-state index contributed by atoms with van der Waals surface area (Å²) in [4.78, 5) is 11.7. The van der Waals surface area contributed by atoms with Gasteiger partial charge in [0.1, 0.15) is 29.7 Å². The first-order valence-electron chi connectivity index (χ1n) is 10.9. The molecule has 0 aromatic heterocycles. The standard InChI is InChI=1S/C25H31FO5S/c1-17(24-11-8-21(26)14-25(24)30-2)12-18-4-5-20(13-18)19-6-9-23(10-7-19)31-15-22(27)16-32(3,28)29/h6-11,14,17-18,20H,4-5,12-13,15-16H2,1-3H3/t17-,18?,20+/m0/s1. The molecule has 0 heterocycles. The van der Waals surface area contributed by atoms with Gasteiger partial charge in [-0.3, -0.25) is 4.79 Å². The number of hydrogen-bond acceptors (Lipinski definition) is 5. The van der Waals surface area contributed by atoms with Gasteiger partial charge in [0.05, 0.1) is 7.11 Å². The average molecular weight is 463 g/mol. The van der Waals surface area contributed by atoms with Gasteiger partial charge < -0.3 is 9.47 Å². The molecule has 1 fully saturated rings. The third kappa shape index (κ3) is 6.79. The van der Waals surface area contributed by atoms with E-state index in [1.165, 1.54) is 17.7 Å². The summed E-state index contributed by atoms with van der Waals surface area (Å²) in [6, 6.07) is 12.5. The van der Waals surface area contributed by atoms with Crippen LogP contribution in [0.5, 0.6) is 11.5 Å². The van der Waals surface area contributed by atoms with Crippen molar-refractivity contribution in [2.24, 2.45) is 5.92 Å². The van der Waals surface area contributed by atoms with E-state index in [1.54, 1.807) is 7.11 Å². The molecular formula is C25H31FO5S. The highest BCUT2D eigenvalue weighted by Crippen LogP contribution is 2.43. The van der Waals surface area contributed by atoms with Crippen molar-refractivity contribution in [1.29, 1.82) is 0 Å². The Hall–Kier alpha value is -2.41. The minimum absolute atomic E-state index is 0.247. The molecule has 0 bridgehead atoms. The highest BCUT2D eigenvalue weighted by molar-refractivity contribution is 7.91. The van der Waals surface area contributed by atoms with Crippen molar-refractivity contribution in [1.82, 2.24) is 0 Å². The quantitative estimate of drug-likeness (QED) is 0.502. The van der Waals surface area contributed by atoms with Crippen molar-refractivity contribution in [2.45, 2.75) is 44.4 Å². The summed E-state index contributed by atoms with van der Waals surface area (Å²) in [7, 11) is -1.76. The molecule has 1 unspecified atom stereocenters. The lowest BCUT2D eigenvalue weighted by atomic mass is 9.87. The summed E-state index contributed by atoms with van der Waals surface area (Å²) in [6.07, 6.45) is 5.43. The largest absolute Gasteiger partial charge is 0.496 e. The lowest BCUT2D eigenvalue weighted by Gasteiger charge is -2.19. The van der Waals surface area contributed by atoms with E-state index in [0.717, 1.165) is 37.5 Å². The zero-order valence-electron chi connectivity index (χ0n) is 18.8. The molecule has 174 valence electrons. The Balaban J connectivity index is 1.52. The van der Waals surface area contributed by atoms with Crippen molar-refractivity contribution in [3.05, 3.63) is 59.4 Å². The van der Waals surface area contributed by atoms with E-state index in [4.69, 9.17) is 9.47 Å². The number of ketones is 1. The van der Waals surface area contributed by atoms with E-state index >= 15 is 0 Å². The van der Waals surface area contributed by atoms with Crippen LogP contribution in [0, 0.1) is 11.7 Å². The van der Waals surface area contributed by atoms with Crippen LogP contribution in [0.25, 0.3) is 0 Å². The monoisotopic (exact) mass is 462 g/mol. The van der Waals surface area contributed by atoms with Gasteiger partial charge in [-0.2, -0.15) is 0 Å². The zero-order chi connectivity index (χ0) is 23.3. The molecule has 0 saturated heterocycles. The van der Waals surface area contributed by atoms with Crippen LogP contribution in [0.2, 0.25) is 0 Å². The first-order valence-corrected chi connectivity index (χ1v) is 13.0. The van der Waals surface area contributed by atoms with Crippen molar-refractivity contribution < 1.29 is 27.1 Å². The van der Waals surface area contributed by atoms with Gasteiger partial charge in [-0.05, 0) is 72.8 Å². The van der Waals surface area contributed by atoms with E-state index in [-0.39, 0.29) is 18.3 Å². The SMILES string of the molecule is COc1cc(F)ccc1[C@@H](C)CC1CC[C@@H](c2ccc(OCC(=O)CS(C)(=O)=O)cc2)C1. The number of carbonyl (C=O) groups is 1. The van der Waals surface area contributed by atoms with Gasteiger partial charge in [-0.15, -0.1) is 0 Å². The molecule has 3 rings (SSSR count). The molecule has 0 aliphatic heterocycles. The van der Waals surface area contributed by atoms with Crippen molar-refractivity contribution >= 4 is 15.6 Å². The van der Waals surface area contributed by atoms with E-state index in [0.29, 0.717) is 23.3 Å². The molecule has 0 radical (unpaired) electrons. The Labute approximate surface area is 189 Å². The summed E-state index contributed by atoms with van der Waals surface area (Å²) >= 11 is 0. The van der Waals surface area contributed by atoms with Crippen LogP contribution in [0.15, 0.2) is 42.5 Å². The third-order valence-electron chi connectivity index (χ3n) is 6.13. The fourth-order valence-corrected chi connectivity index (χ4v) is 5.31. The number of rotatable bonds is 10. The average Bonchev–Trinajstić information content (AvgIpc) is 3.19. The number of Topliss-reactive ketones (excluding diaryl/α,β-unsaturated/α-hetero) is 1. The van der Waals surface area contributed by atoms with E-state index in [9.17, 15) is 17.6 Å². The number of ether oxygens (including phenoxy) is 2. The molecular weight excluding hydrogens is 431 g/mol. The predicted molar refractivity (Wildman–Crippen MR) is 123 cm³/mol. The second-order valence-electron chi connectivity index (χ2n) is 8.87. The third-order valence-corrected chi connectivity index (χ3v) is 6.98. The molecule has 0 amide bonds. The van der Waals surface area contributed by atoms with E-state index < -0.39 is 21.4 Å². The van der Waals surface area contributed by atoms with Gasteiger partial charge in [0.25, 0.3) is 0 Å². The first kappa shape index (κ1) is 24.2. The number of sulfone groups is 1. The lowest BCUT2D eigenvalue weighted by molar-refractivity contribution is -0.118. The fourth-order valence-electron chi connectivity index (χ4n) is 4.64. The predicted octanol–water partition coefficient (Wildman–Crippen LogP) is 4.90. The summed E-state index contributed by atoms with van der Waals surface area (Å²) < 4.78 is 46.6. The Bertz CT molecular complexity index is 1030. The van der Waals surface area contributed by atoms with Crippen LogP contribution in [0.3, 0.4) is 0 Å². The van der Waals surface area contributed by atoms with Gasteiger partial charge in [0.15, 0.2) is 15.6 Å². The summed E-state index contributed by atoms with van der Waals surface area (Å²) in [5.74, 6) is 1.27. The van der Waals surface area contributed by atoms with Gasteiger partial charge in [0, 0.05) is 12.3 Å². The number of carbonyl (C=O) groups excluding carboxylic acids is 1. The molecule has 2 aromatic carbocycles. The van der Waals surface area contributed by atoms with Crippen LogP contribution >= 0.6 is 0 Å². The molecule has 1 saturated carbocycles. The van der Waals surface area contributed by atoms with Crippen molar-refractivity contribution in [3.63, 3.8) is 0 Å². The van der Waals surface area contributed by atoms with Gasteiger partial charge >= 0.3 is 0 Å². The first-order chi connectivity index (χ1) is 15.1. The maximum atomic E-state index is 13.5. The number of methoxy groups -OCH3 is 1. The summed E-state index contributed by atoms with van der Waals surface area (Å²) in [6.45, 7) is 1.92. The Kier molecular flexibility index (Phi) is 7.93. The minimum atomic E-state index is -3.34. The van der Waals surface area contributed by atoms with Crippen molar-refractivity contribution in [3.8, 4) is 11.5 Å². The maximum Gasteiger partial charge on any atom is 0.185 e. The molecule has 1 aliphatic rings. The molecule has 7 heteroatoms. The molecule has 3 atom stereocenters. The molecule has 0 spiro atoms. The lowest BCUT2D eigenvalue weighted by Crippen LogP contribution is -2.20. The van der Waals surface area contributed by atoms with Crippen LogP contribution in [-0.2, 0) is 14.6 Å². The minimum Gasteiger partial charge on any atom is -0.496 e. The van der Waals surface area contributed by atoms with E-state index in [2.05, 4.69) is 6.92 Å². The molecule has 32 heavy (non-hydrogen) atoms. The Morgan fingerprint density at radius 2 is 1.88 bits per heavy atom. The highest BCUT2D eigenvalue weighted by atomic mass is 32.2. The summed E-state index contributed by atoms with van der Waals surface area (Å²) in [5.41, 5.74) is 2.29. The van der Waals surface area contributed by atoms with Crippen LogP contribution in [0.4, 0.5) is 4.39 Å². The molecule has 2 aromatic rings. The number of benzene rings is 2. The molecule has 1 aliphatic carbocycles. The summed E-state index contributed by atoms with van der Waals surface area (Å²) in [5, 5.41) is 0. The second-order valence-corrected chi connectivity index (χ2v) is 11.0. The highest BCUT2D eigenvalue weighted by Gasteiger charge is 2.28. The molecule has 0 N–H and O–H groups in total. The fraction of sp³-hybridized carbons (Fsp3) is 0.480. The second kappa shape index (κ2) is 10.5.